The van der Waals surface area contributed by atoms with Crippen molar-refractivity contribution in [2.75, 3.05) is 26.3 Å². The van der Waals surface area contributed by atoms with Gasteiger partial charge in [-0.15, -0.1) is 0 Å². The van der Waals surface area contributed by atoms with Gasteiger partial charge < -0.3 is 14.6 Å². The van der Waals surface area contributed by atoms with Gasteiger partial charge in [0.15, 0.2) is 0 Å². The highest BCUT2D eigenvalue weighted by molar-refractivity contribution is 5.89. The molecule has 1 amide bonds. The average molecular weight is 407 g/mol. The van der Waals surface area contributed by atoms with Crippen molar-refractivity contribution in [3.8, 4) is 0 Å². The van der Waals surface area contributed by atoms with Crippen LogP contribution in [-0.2, 0) is 14.9 Å². The first-order valence-electron chi connectivity index (χ1n) is 10.9. The van der Waals surface area contributed by atoms with Gasteiger partial charge in [0, 0.05) is 43.4 Å². The molecule has 0 unspecified atom stereocenters. The molecule has 2 aliphatic rings. The zero-order valence-electron chi connectivity index (χ0n) is 17.1. The van der Waals surface area contributed by atoms with Crippen LogP contribution in [0.5, 0.6) is 0 Å². The smallest absolute Gasteiger partial charge is 0.233 e. The van der Waals surface area contributed by atoms with Gasteiger partial charge in [-0.05, 0) is 60.9 Å². The van der Waals surface area contributed by atoms with Crippen molar-refractivity contribution in [2.45, 2.75) is 37.0 Å². The number of halogens is 1. The number of likely N-dealkylation sites (tertiary alicyclic amines) is 1. The molecule has 0 radical (unpaired) electrons. The van der Waals surface area contributed by atoms with E-state index < -0.39 is 5.41 Å². The van der Waals surface area contributed by atoms with E-state index in [9.17, 15) is 9.18 Å². The Morgan fingerprint density at radius 3 is 2.60 bits per heavy atom. The molecular weight excluding hydrogens is 379 g/mol. The molecular formula is C25H27FN2O2. The molecule has 2 saturated heterocycles. The third-order valence-electron chi connectivity index (χ3n) is 6.98. The van der Waals surface area contributed by atoms with Crippen LogP contribution in [0.15, 0.2) is 54.7 Å². The van der Waals surface area contributed by atoms with Crippen LogP contribution in [0.25, 0.3) is 10.9 Å². The number of piperidine rings is 1. The van der Waals surface area contributed by atoms with Gasteiger partial charge in [0.25, 0.3) is 0 Å². The number of hydrogen-bond acceptors (Lipinski definition) is 2. The number of ether oxygens (including phenoxy) is 1. The fourth-order valence-electron chi connectivity index (χ4n) is 5.26. The van der Waals surface area contributed by atoms with E-state index in [0.29, 0.717) is 32.0 Å². The Morgan fingerprint density at radius 1 is 1.07 bits per heavy atom. The molecule has 5 rings (SSSR count). The molecule has 2 aliphatic heterocycles. The van der Waals surface area contributed by atoms with Crippen molar-refractivity contribution in [2.24, 2.45) is 0 Å². The van der Waals surface area contributed by atoms with E-state index >= 15 is 0 Å². The van der Waals surface area contributed by atoms with Crippen LogP contribution in [-0.4, -0.2) is 42.1 Å². The van der Waals surface area contributed by atoms with Crippen molar-refractivity contribution < 1.29 is 13.9 Å². The standard InChI is InChI=1S/C25H27FN2O2/c26-20-5-3-4-19(16-20)25(10-14-30-15-11-25)24(29)28-12-8-18(9-13-28)22-17-27-23-7-2-1-6-21(22)23/h1-7,16-18,27H,8-15H2. The maximum atomic E-state index is 14.0. The number of benzene rings is 2. The van der Waals surface area contributed by atoms with Crippen LogP contribution < -0.4 is 0 Å². The summed E-state index contributed by atoms with van der Waals surface area (Å²) in [6.45, 7) is 2.55. The molecule has 4 nitrogen and oxygen atoms in total. The van der Waals surface area contributed by atoms with Crippen LogP contribution in [0, 0.1) is 5.82 Å². The van der Waals surface area contributed by atoms with Crippen molar-refractivity contribution in [1.29, 1.82) is 0 Å². The van der Waals surface area contributed by atoms with Gasteiger partial charge in [-0.2, -0.15) is 0 Å². The third kappa shape index (κ3) is 3.31. The predicted molar refractivity (Wildman–Crippen MR) is 115 cm³/mol. The van der Waals surface area contributed by atoms with Gasteiger partial charge in [-0.3, -0.25) is 4.79 Å². The molecule has 5 heteroatoms. The highest BCUT2D eigenvalue weighted by atomic mass is 19.1. The summed E-state index contributed by atoms with van der Waals surface area (Å²) >= 11 is 0. The molecule has 2 aromatic carbocycles. The van der Waals surface area contributed by atoms with Crippen LogP contribution in [0.2, 0.25) is 0 Å². The Kier molecular flexibility index (Phi) is 5.07. The van der Waals surface area contributed by atoms with Crippen molar-refractivity contribution in [1.82, 2.24) is 9.88 Å². The van der Waals surface area contributed by atoms with Crippen LogP contribution in [0.1, 0.15) is 42.7 Å². The monoisotopic (exact) mass is 406 g/mol. The van der Waals surface area contributed by atoms with Crippen LogP contribution in [0.3, 0.4) is 0 Å². The molecule has 0 saturated carbocycles. The van der Waals surface area contributed by atoms with Gasteiger partial charge in [0.2, 0.25) is 5.91 Å². The average Bonchev–Trinajstić information content (AvgIpc) is 3.23. The second-order valence-electron chi connectivity index (χ2n) is 8.56. The lowest BCUT2D eigenvalue weighted by Gasteiger charge is -2.42. The predicted octanol–water partition coefficient (Wildman–Crippen LogP) is 4.76. The number of amides is 1. The summed E-state index contributed by atoms with van der Waals surface area (Å²) in [7, 11) is 0. The topological polar surface area (TPSA) is 45.3 Å². The first kappa shape index (κ1) is 19.3. The normalized spacial score (nSPS) is 19.8. The molecule has 30 heavy (non-hydrogen) atoms. The summed E-state index contributed by atoms with van der Waals surface area (Å²) in [5.41, 5.74) is 2.63. The second-order valence-corrected chi connectivity index (χ2v) is 8.56. The van der Waals surface area contributed by atoms with Gasteiger partial charge in [-0.1, -0.05) is 30.3 Å². The zero-order chi connectivity index (χ0) is 20.6. The van der Waals surface area contributed by atoms with Crippen LogP contribution in [0.4, 0.5) is 4.39 Å². The SMILES string of the molecule is O=C(N1CCC(c2c[nH]c3ccccc23)CC1)C1(c2cccc(F)c2)CCOCC1. The number of aromatic nitrogens is 1. The number of hydrogen-bond donors (Lipinski definition) is 1. The molecule has 1 N–H and O–H groups in total. The minimum Gasteiger partial charge on any atom is -0.381 e. The first-order valence-corrected chi connectivity index (χ1v) is 10.9. The molecule has 1 aromatic heterocycles. The van der Waals surface area contributed by atoms with Crippen molar-refractivity contribution >= 4 is 16.8 Å². The summed E-state index contributed by atoms with van der Waals surface area (Å²) in [5.74, 6) is 0.294. The maximum absolute atomic E-state index is 14.0. The van der Waals surface area contributed by atoms with E-state index in [2.05, 4.69) is 29.4 Å². The Balaban J connectivity index is 1.36. The summed E-state index contributed by atoms with van der Waals surface area (Å²) in [6.07, 6.45) is 5.24. The van der Waals surface area contributed by atoms with Crippen molar-refractivity contribution in [3.63, 3.8) is 0 Å². The molecule has 0 atom stereocenters. The molecule has 0 spiro atoms. The second kappa shape index (κ2) is 7.88. The first-order chi connectivity index (χ1) is 14.7. The van der Waals surface area contributed by atoms with E-state index in [4.69, 9.17) is 4.74 Å². The number of para-hydroxylation sites is 1. The van der Waals surface area contributed by atoms with Gasteiger partial charge >= 0.3 is 0 Å². The number of carbonyl (C=O) groups is 1. The molecule has 2 fully saturated rings. The van der Waals surface area contributed by atoms with Crippen molar-refractivity contribution in [3.05, 3.63) is 71.7 Å². The largest absolute Gasteiger partial charge is 0.381 e. The lowest BCUT2D eigenvalue weighted by atomic mass is 9.72. The fourth-order valence-corrected chi connectivity index (χ4v) is 5.26. The minimum absolute atomic E-state index is 0.133. The quantitative estimate of drug-likeness (QED) is 0.682. The number of aromatic amines is 1. The van der Waals surface area contributed by atoms with E-state index in [0.717, 1.165) is 31.5 Å². The fraction of sp³-hybridized carbons (Fsp3) is 0.400. The van der Waals surface area contributed by atoms with E-state index in [-0.39, 0.29) is 11.7 Å². The Bertz CT molecular complexity index is 1050. The number of carbonyl (C=O) groups excluding carboxylic acids is 1. The molecule has 3 heterocycles. The highest BCUT2D eigenvalue weighted by Gasteiger charge is 2.45. The third-order valence-corrected chi connectivity index (χ3v) is 6.98. The van der Waals surface area contributed by atoms with E-state index in [1.807, 2.05) is 17.0 Å². The highest BCUT2D eigenvalue weighted by Crippen LogP contribution is 2.39. The van der Waals surface area contributed by atoms with Gasteiger partial charge in [0.05, 0.1) is 5.41 Å². The lowest BCUT2D eigenvalue weighted by molar-refractivity contribution is -0.142. The minimum atomic E-state index is -0.673. The number of nitrogens with zero attached hydrogens (tertiary/aromatic N) is 1. The Morgan fingerprint density at radius 2 is 1.83 bits per heavy atom. The summed E-state index contributed by atoms with van der Waals surface area (Å²) in [6, 6.07) is 15.0. The molecule has 3 aromatic rings. The number of fused-ring (bicyclic) bond motifs is 1. The van der Waals surface area contributed by atoms with Crippen LogP contribution >= 0.6 is 0 Å². The summed E-state index contributed by atoms with van der Waals surface area (Å²) in [5, 5.41) is 1.28. The maximum Gasteiger partial charge on any atom is 0.233 e. The van der Waals surface area contributed by atoms with Gasteiger partial charge in [-0.25, -0.2) is 4.39 Å². The zero-order valence-corrected chi connectivity index (χ0v) is 17.1. The molecule has 156 valence electrons. The summed E-state index contributed by atoms with van der Waals surface area (Å²) in [4.78, 5) is 19.1. The van der Waals surface area contributed by atoms with Gasteiger partial charge in [0.1, 0.15) is 5.82 Å². The molecule has 0 bridgehead atoms. The Labute approximate surface area is 176 Å². The number of H-pyrrole nitrogens is 1. The molecule has 0 aliphatic carbocycles. The van der Waals surface area contributed by atoms with E-state index in [1.165, 1.54) is 28.6 Å². The lowest BCUT2D eigenvalue weighted by Crippen LogP contribution is -2.51. The summed E-state index contributed by atoms with van der Waals surface area (Å²) < 4.78 is 19.5. The Hall–Kier alpha value is -2.66. The number of rotatable bonds is 3. The van der Waals surface area contributed by atoms with E-state index in [1.54, 1.807) is 6.07 Å². The number of nitrogens with one attached hydrogen (secondary N) is 1.